The largest absolute Gasteiger partial charge is 0.389 e. The van der Waals surface area contributed by atoms with Gasteiger partial charge in [0.15, 0.2) is 5.82 Å². The molecule has 2 N–H and O–H groups in total. The van der Waals surface area contributed by atoms with Crippen molar-refractivity contribution in [3.63, 3.8) is 0 Å². The number of ether oxygens (including phenoxy) is 1. The zero-order valence-corrected chi connectivity index (χ0v) is 13.4. The van der Waals surface area contributed by atoms with E-state index in [1.54, 1.807) is 13.0 Å². The third-order valence-corrected chi connectivity index (χ3v) is 4.38. The first-order valence-electron chi connectivity index (χ1n) is 8.07. The van der Waals surface area contributed by atoms with Gasteiger partial charge >= 0.3 is 0 Å². The maximum absolute atomic E-state index is 12.1. The Morgan fingerprint density at radius 1 is 1.39 bits per heavy atom. The van der Waals surface area contributed by atoms with Gasteiger partial charge in [-0.3, -0.25) is 14.6 Å². The van der Waals surface area contributed by atoms with Gasteiger partial charge in [0.25, 0.3) is 0 Å². The molecule has 0 unspecified atom stereocenters. The molecule has 23 heavy (non-hydrogen) atoms. The highest BCUT2D eigenvalue weighted by molar-refractivity contribution is 5.91. The summed E-state index contributed by atoms with van der Waals surface area (Å²) >= 11 is 0. The van der Waals surface area contributed by atoms with Crippen molar-refractivity contribution in [2.45, 2.75) is 25.5 Å². The number of carbonyl (C=O) groups is 1. The number of hydrogen-bond donors (Lipinski definition) is 2. The fourth-order valence-electron chi connectivity index (χ4n) is 3.17. The van der Waals surface area contributed by atoms with Crippen LogP contribution in [0.15, 0.2) is 10.6 Å². The molecule has 2 aliphatic heterocycles. The molecular formula is C15H24N4O4. The summed E-state index contributed by atoms with van der Waals surface area (Å²) in [6.45, 7) is 6.56. The Morgan fingerprint density at radius 3 is 2.96 bits per heavy atom. The first-order valence-corrected chi connectivity index (χ1v) is 8.07. The molecule has 8 heteroatoms. The van der Waals surface area contributed by atoms with Gasteiger partial charge in [0, 0.05) is 19.2 Å². The molecule has 2 atom stereocenters. The van der Waals surface area contributed by atoms with Gasteiger partial charge in [-0.25, -0.2) is 0 Å². The van der Waals surface area contributed by atoms with Gasteiger partial charge in [0.05, 0.1) is 31.9 Å². The first-order chi connectivity index (χ1) is 11.1. The number of rotatable bonds is 4. The Kier molecular flexibility index (Phi) is 5.27. The molecule has 0 bridgehead atoms. The second-order valence-corrected chi connectivity index (χ2v) is 6.21. The van der Waals surface area contributed by atoms with Gasteiger partial charge in [-0.15, -0.1) is 0 Å². The summed E-state index contributed by atoms with van der Waals surface area (Å²) in [6, 6.07) is 1.78. The molecule has 0 radical (unpaired) electrons. The average Bonchev–Trinajstić information content (AvgIpc) is 3.03. The number of aliphatic hydroxyl groups excluding tert-OH is 1. The Hall–Kier alpha value is -1.48. The van der Waals surface area contributed by atoms with Gasteiger partial charge in [-0.05, 0) is 26.4 Å². The van der Waals surface area contributed by atoms with Crippen molar-refractivity contribution < 1.29 is 19.2 Å². The van der Waals surface area contributed by atoms with Crippen LogP contribution in [0.2, 0.25) is 0 Å². The molecule has 0 aromatic carbocycles. The van der Waals surface area contributed by atoms with E-state index in [0.29, 0.717) is 31.3 Å². The molecule has 8 nitrogen and oxygen atoms in total. The van der Waals surface area contributed by atoms with Gasteiger partial charge in [-0.2, -0.15) is 0 Å². The number of hydrogen-bond acceptors (Lipinski definition) is 7. The molecular weight excluding hydrogens is 300 g/mol. The number of anilines is 1. The average molecular weight is 324 g/mol. The quantitative estimate of drug-likeness (QED) is 0.785. The van der Waals surface area contributed by atoms with Crippen LogP contribution in [0.5, 0.6) is 0 Å². The molecule has 128 valence electrons. The maximum atomic E-state index is 12.1. The van der Waals surface area contributed by atoms with Crippen LogP contribution < -0.4 is 5.32 Å². The number of carbonyl (C=O) groups excluding carboxylic acids is 1. The van der Waals surface area contributed by atoms with Crippen molar-refractivity contribution in [1.82, 2.24) is 15.0 Å². The zero-order valence-electron chi connectivity index (χ0n) is 13.4. The van der Waals surface area contributed by atoms with Crippen LogP contribution >= 0.6 is 0 Å². The second kappa shape index (κ2) is 7.39. The zero-order chi connectivity index (χ0) is 16.2. The highest BCUT2D eigenvalue weighted by Crippen LogP contribution is 2.16. The molecule has 1 aromatic heterocycles. The molecule has 2 aliphatic rings. The SMILES string of the molecule is Cc1cc(NC(=O)CN2CCCN([C@@H]3COC[C@H]3O)CC2)no1. The van der Waals surface area contributed by atoms with Gasteiger partial charge in [0.1, 0.15) is 5.76 Å². The topological polar surface area (TPSA) is 91.1 Å². The van der Waals surface area contributed by atoms with Gasteiger partial charge in [0.2, 0.25) is 5.91 Å². The van der Waals surface area contributed by atoms with Crippen LogP contribution in [0.3, 0.4) is 0 Å². The van der Waals surface area contributed by atoms with Gasteiger partial charge in [-0.1, -0.05) is 5.16 Å². The molecule has 0 saturated carbocycles. The Balaban J connectivity index is 1.47. The van der Waals surface area contributed by atoms with Crippen LogP contribution in [0, 0.1) is 6.92 Å². The minimum atomic E-state index is -0.403. The molecule has 3 rings (SSSR count). The van der Waals surface area contributed by atoms with Crippen LogP contribution in [-0.4, -0.2) is 84.1 Å². The standard InChI is InChI=1S/C15H24N4O4/c1-11-7-14(17-23-11)16-15(21)8-18-3-2-4-19(6-5-18)12-9-22-10-13(12)20/h7,12-13,20H,2-6,8-10H2,1H3,(H,16,17,21)/t12-,13-/m1/s1. The predicted molar refractivity (Wildman–Crippen MR) is 83.1 cm³/mol. The summed E-state index contributed by atoms with van der Waals surface area (Å²) in [4.78, 5) is 16.5. The van der Waals surface area contributed by atoms with E-state index in [-0.39, 0.29) is 11.9 Å². The molecule has 0 aliphatic carbocycles. The van der Waals surface area contributed by atoms with Crippen LogP contribution in [0.25, 0.3) is 0 Å². The van der Waals surface area contributed by atoms with E-state index in [9.17, 15) is 9.90 Å². The third-order valence-electron chi connectivity index (χ3n) is 4.38. The third kappa shape index (κ3) is 4.29. The van der Waals surface area contributed by atoms with Crippen molar-refractivity contribution in [2.24, 2.45) is 0 Å². The Morgan fingerprint density at radius 2 is 2.26 bits per heavy atom. The smallest absolute Gasteiger partial charge is 0.239 e. The summed E-state index contributed by atoms with van der Waals surface area (Å²) in [5.74, 6) is 1.04. The molecule has 0 spiro atoms. The minimum Gasteiger partial charge on any atom is -0.389 e. The van der Waals surface area contributed by atoms with Crippen LogP contribution in [-0.2, 0) is 9.53 Å². The lowest BCUT2D eigenvalue weighted by molar-refractivity contribution is -0.117. The fraction of sp³-hybridized carbons (Fsp3) is 0.733. The summed E-state index contributed by atoms with van der Waals surface area (Å²) in [6.07, 6.45) is 0.569. The Labute approximate surface area is 135 Å². The highest BCUT2D eigenvalue weighted by Gasteiger charge is 2.32. The van der Waals surface area contributed by atoms with Crippen molar-refractivity contribution in [3.05, 3.63) is 11.8 Å². The fourth-order valence-corrected chi connectivity index (χ4v) is 3.17. The Bertz CT molecular complexity index is 535. The van der Waals surface area contributed by atoms with Crippen molar-refractivity contribution >= 4 is 11.7 Å². The summed E-state index contributed by atoms with van der Waals surface area (Å²) in [5.41, 5.74) is 0. The van der Waals surface area contributed by atoms with Gasteiger partial charge < -0.3 is 19.7 Å². The first kappa shape index (κ1) is 16.4. The van der Waals surface area contributed by atoms with E-state index in [4.69, 9.17) is 9.26 Å². The number of aryl methyl sites for hydroxylation is 1. The predicted octanol–water partition coefficient (Wildman–Crippen LogP) is -0.311. The summed E-state index contributed by atoms with van der Waals surface area (Å²) in [5, 5.41) is 16.5. The van der Waals surface area contributed by atoms with E-state index in [2.05, 4.69) is 20.3 Å². The van der Waals surface area contributed by atoms with E-state index >= 15 is 0 Å². The lowest BCUT2D eigenvalue weighted by Gasteiger charge is -2.28. The van der Waals surface area contributed by atoms with E-state index in [1.807, 2.05) is 0 Å². The van der Waals surface area contributed by atoms with E-state index in [1.165, 1.54) is 0 Å². The molecule has 2 saturated heterocycles. The number of aromatic nitrogens is 1. The monoisotopic (exact) mass is 324 g/mol. The minimum absolute atomic E-state index is 0.0851. The number of amides is 1. The van der Waals surface area contributed by atoms with Crippen molar-refractivity contribution in [1.29, 1.82) is 0 Å². The van der Waals surface area contributed by atoms with Crippen LogP contribution in [0.4, 0.5) is 5.82 Å². The lowest BCUT2D eigenvalue weighted by atomic mass is 10.2. The van der Waals surface area contributed by atoms with E-state index in [0.717, 1.165) is 32.6 Å². The number of aliphatic hydroxyl groups is 1. The lowest BCUT2D eigenvalue weighted by Crippen LogP contribution is -2.45. The normalized spacial score (nSPS) is 27.0. The molecule has 2 fully saturated rings. The van der Waals surface area contributed by atoms with Crippen LogP contribution in [0.1, 0.15) is 12.2 Å². The van der Waals surface area contributed by atoms with Crippen molar-refractivity contribution in [2.75, 3.05) is 51.3 Å². The molecule has 1 aromatic rings. The second-order valence-electron chi connectivity index (χ2n) is 6.21. The highest BCUT2D eigenvalue weighted by atomic mass is 16.5. The summed E-state index contributed by atoms with van der Waals surface area (Å²) < 4.78 is 10.3. The van der Waals surface area contributed by atoms with Crippen molar-refractivity contribution in [3.8, 4) is 0 Å². The number of nitrogens with one attached hydrogen (secondary N) is 1. The van der Waals surface area contributed by atoms with E-state index < -0.39 is 6.10 Å². The number of nitrogens with zero attached hydrogens (tertiary/aromatic N) is 3. The maximum Gasteiger partial charge on any atom is 0.239 e. The molecule has 3 heterocycles. The molecule has 1 amide bonds. The summed E-state index contributed by atoms with van der Waals surface area (Å²) in [7, 11) is 0.